The van der Waals surface area contributed by atoms with Gasteiger partial charge in [0.15, 0.2) is 0 Å². The van der Waals surface area contributed by atoms with Gasteiger partial charge in [-0.25, -0.2) is 4.98 Å². The molecule has 6 heteroatoms. The third-order valence-corrected chi connectivity index (χ3v) is 4.97. The lowest BCUT2D eigenvalue weighted by Crippen LogP contribution is -2.37. The largest absolute Gasteiger partial charge is 0.349 e. The molecule has 1 N–H and O–H groups in total. The van der Waals surface area contributed by atoms with Gasteiger partial charge in [0.2, 0.25) is 5.95 Å². The van der Waals surface area contributed by atoms with Crippen LogP contribution in [-0.2, 0) is 0 Å². The van der Waals surface area contributed by atoms with Gasteiger partial charge < -0.3 is 10.2 Å². The van der Waals surface area contributed by atoms with Crippen LogP contribution >= 0.6 is 23.2 Å². The van der Waals surface area contributed by atoms with Gasteiger partial charge >= 0.3 is 0 Å². The van der Waals surface area contributed by atoms with Crippen molar-refractivity contribution in [1.29, 1.82) is 0 Å². The maximum Gasteiger partial charge on any atom is 0.229 e. The summed E-state index contributed by atoms with van der Waals surface area (Å²) in [5, 5.41) is 4.23. The average Bonchev–Trinajstić information content (AvgIpc) is 2.59. The molecule has 0 aliphatic carbocycles. The SMILES string of the molecule is CCC(CC)N1CC=Cc2cnc(Nc3ccc(Cl)c(Cl)c3)nc21. The van der Waals surface area contributed by atoms with E-state index in [4.69, 9.17) is 28.2 Å². The first-order chi connectivity index (χ1) is 11.6. The first-order valence-corrected chi connectivity index (χ1v) is 8.90. The summed E-state index contributed by atoms with van der Waals surface area (Å²) in [6.07, 6.45) is 8.27. The van der Waals surface area contributed by atoms with Crippen LogP contribution in [0.2, 0.25) is 10.0 Å². The zero-order valence-electron chi connectivity index (χ0n) is 13.8. The normalized spacial score (nSPS) is 13.3. The number of nitrogens with one attached hydrogen (secondary N) is 1. The zero-order valence-corrected chi connectivity index (χ0v) is 15.3. The fourth-order valence-electron chi connectivity index (χ4n) is 2.92. The lowest BCUT2D eigenvalue weighted by molar-refractivity contribution is 0.569. The van der Waals surface area contributed by atoms with E-state index >= 15 is 0 Å². The van der Waals surface area contributed by atoms with Gasteiger partial charge in [-0.3, -0.25) is 0 Å². The minimum absolute atomic E-state index is 0.474. The first-order valence-electron chi connectivity index (χ1n) is 8.14. The van der Waals surface area contributed by atoms with Gasteiger partial charge in [0.1, 0.15) is 5.82 Å². The summed E-state index contributed by atoms with van der Waals surface area (Å²) >= 11 is 12.0. The Bertz CT molecular complexity index is 757. The van der Waals surface area contributed by atoms with Crippen molar-refractivity contribution >= 4 is 46.7 Å². The molecule has 0 fully saturated rings. The summed E-state index contributed by atoms with van der Waals surface area (Å²) in [4.78, 5) is 11.5. The van der Waals surface area contributed by atoms with Gasteiger partial charge in [-0.1, -0.05) is 49.2 Å². The number of aromatic nitrogens is 2. The van der Waals surface area contributed by atoms with Crippen molar-refractivity contribution in [3.8, 4) is 0 Å². The molecule has 1 aromatic heterocycles. The van der Waals surface area contributed by atoms with Gasteiger partial charge in [0.25, 0.3) is 0 Å². The van der Waals surface area contributed by atoms with E-state index in [0.29, 0.717) is 22.0 Å². The molecule has 24 heavy (non-hydrogen) atoms. The maximum absolute atomic E-state index is 6.07. The molecule has 0 bridgehead atoms. The van der Waals surface area contributed by atoms with Crippen molar-refractivity contribution in [1.82, 2.24) is 9.97 Å². The van der Waals surface area contributed by atoms with Crippen LogP contribution in [0.15, 0.2) is 30.5 Å². The van der Waals surface area contributed by atoms with E-state index in [2.05, 4.69) is 41.2 Å². The summed E-state index contributed by atoms with van der Waals surface area (Å²) < 4.78 is 0. The second-order valence-electron chi connectivity index (χ2n) is 5.75. The van der Waals surface area contributed by atoms with E-state index in [9.17, 15) is 0 Å². The third-order valence-electron chi connectivity index (χ3n) is 4.23. The lowest BCUT2D eigenvalue weighted by atomic mass is 10.1. The summed E-state index contributed by atoms with van der Waals surface area (Å²) in [5.74, 6) is 1.53. The van der Waals surface area contributed by atoms with E-state index in [0.717, 1.165) is 36.5 Å². The fraction of sp³-hybridized carbons (Fsp3) is 0.333. The number of rotatable bonds is 5. The highest BCUT2D eigenvalue weighted by atomic mass is 35.5. The van der Waals surface area contributed by atoms with Crippen molar-refractivity contribution in [3.63, 3.8) is 0 Å². The first kappa shape index (κ1) is 17.1. The van der Waals surface area contributed by atoms with E-state index in [-0.39, 0.29) is 0 Å². The Hall–Kier alpha value is -1.78. The quantitative estimate of drug-likeness (QED) is 0.756. The molecule has 0 unspecified atom stereocenters. The topological polar surface area (TPSA) is 41.1 Å². The van der Waals surface area contributed by atoms with Crippen LogP contribution in [0.25, 0.3) is 6.08 Å². The second-order valence-corrected chi connectivity index (χ2v) is 6.57. The minimum atomic E-state index is 0.474. The molecule has 4 nitrogen and oxygen atoms in total. The Balaban J connectivity index is 1.90. The predicted molar refractivity (Wildman–Crippen MR) is 103 cm³/mol. The molecule has 0 saturated carbocycles. The molecule has 3 rings (SSSR count). The number of halogens is 2. The molecule has 0 spiro atoms. The van der Waals surface area contributed by atoms with Crippen LogP contribution in [0.5, 0.6) is 0 Å². The van der Waals surface area contributed by atoms with Gasteiger partial charge in [-0.2, -0.15) is 4.98 Å². The molecule has 1 aliphatic rings. The third kappa shape index (κ3) is 3.50. The summed E-state index contributed by atoms with van der Waals surface area (Å²) in [7, 11) is 0. The standard InChI is InChI=1S/C18H20Cl2N4/c1-3-14(4-2)24-9-5-6-12-11-21-18(23-17(12)24)22-13-7-8-15(19)16(20)10-13/h5-8,10-11,14H,3-4,9H2,1-2H3,(H,21,22,23). The lowest BCUT2D eigenvalue weighted by Gasteiger charge is -2.33. The highest BCUT2D eigenvalue weighted by molar-refractivity contribution is 6.42. The smallest absolute Gasteiger partial charge is 0.229 e. The van der Waals surface area contributed by atoms with Crippen LogP contribution in [0, 0.1) is 0 Å². The highest BCUT2D eigenvalue weighted by Gasteiger charge is 2.21. The fourth-order valence-corrected chi connectivity index (χ4v) is 3.22. The van der Waals surface area contributed by atoms with Crippen LogP contribution in [0.4, 0.5) is 17.5 Å². The van der Waals surface area contributed by atoms with Crippen LogP contribution < -0.4 is 10.2 Å². The molecule has 0 amide bonds. The molecule has 126 valence electrons. The number of hydrogen-bond acceptors (Lipinski definition) is 4. The molecular formula is C18H20Cl2N4. The Kier molecular flexibility index (Phi) is 5.27. The van der Waals surface area contributed by atoms with Crippen molar-refractivity contribution in [2.45, 2.75) is 32.7 Å². The number of hydrogen-bond donors (Lipinski definition) is 1. The van der Waals surface area contributed by atoms with Gasteiger partial charge in [-0.05, 0) is 31.0 Å². The molecule has 0 radical (unpaired) electrons. The molecular weight excluding hydrogens is 343 g/mol. The van der Waals surface area contributed by atoms with Crippen LogP contribution in [0.3, 0.4) is 0 Å². The Labute approximate surface area is 152 Å². The Morgan fingerprint density at radius 3 is 2.71 bits per heavy atom. The van der Waals surface area contributed by atoms with E-state index in [1.54, 1.807) is 12.1 Å². The summed E-state index contributed by atoms with van der Waals surface area (Å²) in [6.45, 7) is 5.30. The molecule has 0 atom stereocenters. The van der Waals surface area contributed by atoms with Crippen molar-refractivity contribution in [2.75, 3.05) is 16.8 Å². The van der Waals surface area contributed by atoms with E-state index in [1.807, 2.05) is 12.3 Å². The maximum atomic E-state index is 6.07. The predicted octanol–water partition coefficient (Wildman–Crippen LogP) is 5.55. The van der Waals surface area contributed by atoms with E-state index in [1.165, 1.54) is 0 Å². The monoisotopic (exact) mass is 362 g/mol. The molecule has 1 aliphatic heterocycles. The Morgan fingerprint density at radius 1 is 1.21 bits per heavy atom. The summed E-state index contributed by atoms with van der Waals surface area (Å²) in [6, 6.07) is 5.85. The van der Waals surface area contributed by atoms with Crippen LogP contribution in [0.1, 0.15) is 32.3 Å². The van der Waals surface area contributed by atoms with Crippen molar-refractivity contribution < 1.29 is 0 Å². The number of nitrogens with zero attached hydrogens (tertiary/aromatic N) is 3. The highest BCUT2D eigenvalue weighted by Crippen LogP contribution is 2.30. The van der Waals surface area contributed by atoms with Crippen LogP contribution in [-0.4, -0.2) is 22.6 Å². The van der Waals surface area contributed by atoms with Gasteiger partial charge in [0.05, 0.1) is 10.0 Å². The van der Waals surface area contributed by atoms with E-state index < -0.39 is 0 Å². The average molecular weight is 363 g/mol. The summed E-state index contributed by atoms with van der Waals surface area (Å²) in [5.41, 5.74) is 1.86. The Morgan fingerprint density at radius 2 is 2.00 bits per heavy atom. The number of benzene rings is 1. The second kappa shape index (κ2) is 7.41. The minimum Gasteiger partial charge on any atom is -0.349 e. The molecule has 2 heterocycles. The number of fused-ring (bicyclic) bond motifs is 1. The van der Waals surface area contributed by atoms with Gasteiger partial charge in [0, 0.05) is 30.0 Å². The molecule has 2 aromatic rings. The van der Waals surface area contributed by atoms with Gasteiger partial charge in [-0.15, -0.1) is 0 Å². The molecule has 0 saturated heterocycles. The number of anilines is 3. The molecule has 1 aromatic carbocycles. The van der Waals surface area contributed by atoms with Crippen molar-refractivity contribution in [3.05, 3.63) is 46.1 Å². The van der Waals surface area contributed by atoms with Crippen molar-refractivity contribution in [2.24, 2.45) is 0 Å². The zero-order chi connectivity index (χ0) is 17.1.